The predicted molar refractivity (Wildman–Crippen MR) is 180 cm³/mol. The van der Waals surface area contributed by atoms with Crippen molar-refractivity contribution < 1.29 is 19.4 Å². The van der Waals surface area contributed by atoms with E-state index in [-0.39, 0.29) is 24.3 Å². The summed E-state index contributed by atoms with van der Waals surface area (Å²) < 4.78 is 12.2. The van der Waals surface area contributed by atoms with Gasteiger partial charge >= 0.3 is 6.09 Å². The van der Waals surface area contributed by atoms with Gasteiger partial charge in [-0.3, -0.25) is 0 Å². The lowest BCUT2D eigenvalue weighted by Gasteiger charge is -2.34. The largest absolute Gasteiger partial charge is 0.444 e. The van der Waals surface area contributed by atoms with E-state index in [4.69, 9.17) is 14.5 Å². The van der Waals surface area contributed by atoms with Crippen molar-refractivity contribution in [3.63, 3.8) is 0 Å². The number of aryl methyl sites for hydroxylation is 1. The Morgan fingerprint density at radius 2 is 1.78 bits per heavy atom. The van der Waals surface area contributed by atoms with Crippen molar-refractivity contribution in [1.29, 1.82) is 0 Å². The Labute approximate surface area is 270 Å². The van der Waals surface area contributed by atoms with Crippen LogP contribution in [0.1, 0.15) is 64.9 Å². The summed E-state index contributed by atoms with van der Waals surface area (Å²) in [6.07, 6.45) is 8.48. The number of benzene rings is 2. The molecule has 1 aliphatic heterocycles. The molecule has 6 rings (SSSR count). The number of nitrogens with one attached hydrogen (secondary N) is 2. The number of hydrogen-bond acceptors (Lipinski definition) is 9. The number of aromatic nitrogens is 3. The fourth-order valence-corrected chi connectivity index (χ4v) is 6.29. The number of likely N-dealkylation sites (tertiary alicyclic amines) is 1. The Hall–Kier alpha value is -4.44. The first kappa shape index (κ1) is 31.5. The quantitative estimate of drug-likeness (QED) is 0.194. The van der Waals surface area contributed by atoms with E-state index in [1.807, 2.05) is 52.0 Å². The molecule has 1 saturated carbocycles. The lowest BCUT2D eigenvalue weighted by Crippen LogP contribution is -2.47. The molecule has 3 heterocycles. The van der Waals surface area contributed by atoms with Crippen LogP contribution in [0.5, 0.6) is 11.6 Å². The van der Waals surface area contributed by atoms with E-state index in [0.717, 1.165) is 71.9 Å². The molecule has 242 valence electrons. The summed E-state index contributed by atoms with van der Waals surface area (Å²) in [5.41, 5.74) is 2.83. The number of nitrogens with zero attached hydrogens (tertiary/aromatic N) is 4. The van der Waals surface area contributed by atoms with E-state index in [1.165, 1.54) is 0 Å². The van der Waals surface area contributed by atoms with Gasteiger partial charge in [0, 0.05) is 48.0 Å². The third kappa shape index (κ3) is 7.33. The highest BCUT2D eigenvalue weighted by Crippen LogP contribution is 2.39. The number of aliphatic hydroxyl groups is 1. The molecule has 0 spiro atoms. The van der Waals surface area contributed by atoms with Crippen molar-refractivity contribution in [2.45, 2.75) is 90.0 Å². The number of anilines is 2. The fourth-order valence-electron chi connectivity index (χ4n) is 6.29. The molecule has 46 heavy (non-hydrogen) atoms. The van der Waals surface area contributed by atoms with E-state index in [9.17, 15) is 9.90 Å². The number of ether oxygens (including phenoxy) is 2. The molecule has 2 aromatic heterocycles. The molecule has 2 fully saturated rings. The van der Waals surface area contributed by atoms with Gasteiger partial charge in [0.15, 0.2) is 0 Å². The van der Waals surface area contributed by atoms with E-state index in [0.29, 0.717) is 30.6 Å². The normalized spacial score (nSPS) is 20.3. The molecule has 2 aliphatic rings. The van der Waals surface area contributed by atoms with Crippen LogP contribution in [0.3, 0.4) is 0 Å². The highest BCUT2D eigenvalue weighted by molar-refractivity contribution is 5.98. The van der Waals surface area contributed by atoms with Gasteiger partial charge in [-0.2, -0.15) is 0 Å². The number of pyridine rings is 1. The van der Waals surface area contributed by atoms with Crippen LogP contribution in [0.2, 0.25) is 0 Å². The van der Waals surface area contributed by atoms with Crippen molar-refractivity contribution in [1.82, 2.24) is 19.9 Å². The van der Waals surface area contributed by atoms with Gasteiger partial charge < -0.3 is 30.1 Å². The summed E-state index contributed by atoms with van der Waals surface area (Å²) in [6.45, 7) is 8.83. The number of aliphatic hydroxyl groups excluding tert-OH is 1. The van der Waals surface area contributed by atoms with Gasteiger partial charge in [-0.25, -0.2) is 19.7 Å². The Morgan fingerprint density at radius 3 is 2.61 bits per heavy atom. The van der Waals surface area contributed by atoms with Crippen LogP contribution < -0.4 is 15.4 Å². The maximum atomic E-state index is 12.7. The topological polar surface area (TPSA) is 122 Å². The predicted octanol–water partition coefficient (Wildman–Crippen LogP) is 7.32. The molecule has 1 unspecified atom stereocenters. The summed E-state index contributed by atoms with van der Waals surface area (Å²) >= 11 is 0. The first-order valence-electron chi connectivity index (χ1n) is 16.3. The van der Waals surface area contributed by atoms with Crippen molar-refractivity contribution in [2.75, 3.05) is 23.7 Å². The molecular formula is C36H44N6O4. The Balaban J connectivity index is 1.23. The number of amides is 1. The van der Waals surface area contributed by atoms with Gasteiger partial charge in [-0.15, -0.1) is 0 Å². The minimum Gasteiger partial charge on any atom is -0.444 e. The average molecular weight is 625 g/mol. The molecule has 0 radical (unpaired) electrons. The zero-order valence-electron chi connectivity index (χ0n) is 27.1. The molecule has 1 aliphatic carbocycles. The molecule has 2 aromatic carbocycles. The first-order valence-corrected chi connectivity index (χ1v) is 16.3. The zero-order valence-corrected chi connectivity index (χ0v) is 27.1. The van der Waals surface area contributed by atoms with Gasteiger partial charge in [-0.1, -0.05) is 37.1 Å². The highest BCUT2D eigenvalue weighted by atomic mass is 16.6. The van der Waals surface area contributed by atoms with Crippen molar-refractivity contribution in [3.8, 4) is 22.9 Å². The van der Waals surface area contributed by atoms with E-state index < -0.39 is 5.60 Å². The highest BCUT2D eigenvalue weighted by Gasteiger charge is 2.28. The Kier molecular flexibility index (Phi) is 9.26. The molecular weight excluding hydrogens is 580 g/mol. The standard InChI is InChI=1S/C36H44N6O4/c1-23-16-17-25-26(11-7-14-28(25)40-30-13-5-6-15-31(30)43)32(23)45-33-27(12-8-19-37-33)29-18-20-38-34(41-29)39-24-10-9-21-42(22-24)35(44)46-36(2,3)4/h7-8,11-12,14,16-20,24,30-31,40,43H,5-6,9-10,13,15,21-22H2,1-4H3,(H,38,39,41)/t24?,30-,31-/m1/s1. The van der Waals surface area contributed by atoms with Crippen LogP contribution in [0, 0.1) is 6.92 Å². The Morgan fingerprint density at radius 1 is 0.935 bits per heavy atom. The third-order valence-electron chi connectivity index (χ3n) is 8.59. The van der Waals surface area contributed by atoms with Crippen LogP contribution in [0.15, 0.2) is 60.9 Å². The maximum absolute atomic E-state index is 12.7. The van der Waals surface area contributed by atoms with Crippen LogP contribution >= 0.6 is 0 Å². The number of carbonyl (C=O) groups is 1. The summed E-state index contributed by atoms with van der Waals surface area (Å²) in [7, 11) is 0. The Bertz CT molecular complexity index is 1690. The first-order chi connectivity index (χ1) is 22.1. The SMILES string of the molecule is Cc1ccc2c(N[C@@H]3CCCC[C@H]3O)cccc2c1Oc1ncccc1-c1ccnc(NC2CCCN(C(=O)OC(C)(C)C)C2)n1. The summed E-state index contributed by atoms with van der Waals surface area (Å²) in [4.78, 5) is 28.3. The number of fused-ring (bicyclic) bond motifs is 1. The third-order valence-corrected chi connectivity index (χ3v) is 8.59. The maximum Gasteiger partial charge on any atom is 0.410 e. The molecule has 1 saturated heterocycles. The minimum atomic E-state index is -0.541. The summed E-state index contributed by atoms with van der Waals surface area (Å²) in [5.74, 6) is 1.64. The zero-order chi connectivity index (χ0) is 32.3. The van der Waals surface area contributed by atoms with Crippen LogP contribution in [0.25, 0.3) is 22.0 Å². The molecule has 1 amide bonds. The second kappa shape index (κ2) is 13.5. The molecule has 4 aromatic rings. The molecule has 10 heteroatoms. The monoisotopic (exact) mass is 624 g/mol. The summed E-state index contributed by atoms with van der Waals surface area (Å²) in [6, 6.07) is 16.0. The lowest BCUT2D eigenvalue weighted by molar-refractivity contribution is 0.0206. The average Bonchev–Trinajstić information content (AvgIpc) is 3.03. The minimum absolute atomic E-state index is 0.00278. The number of rotatable bonds is 7. The summed E-state index contributed by atoms with van der Waals surface area (Å²) in [5, 5.41) is 19.6. The van der Waals surface area contributed by atoms with Crippen LogP contribution in [0.4, 0.5) is 16.4 Å². The molecule has 3 N–H and O–H groups in total. The van der Waals surface area contributed by atoms with Crippen LogP contribution in [-0.4, -0.2) is 67.9 Å². The fraction of sp³-hybridized carbons (Fsp3) is 0.444. The second-order valence-corrected chi connectivity index (χ2v) is 13.3. The molecule has 0 bridgehead atoms. The molecule has 3 atom stereocenters. The van der Waals surface area contributed by atoms with Crippen molar-refractivity contribution >= 4 is 28.5 Å². The van der Waals surface area contributed by atoms with Gasteiger partial charge in [0.25, 0.3) is 0 Å². The van der Waals surface area contributed by atoms with Gasteiger partial charge in [0.2, 0.25) is 11.8 Å². The number of piperidine rings is 1. The van der Waals surface area contributed by atoms with Gasteiger partial charge in [-0.05, 0) is 83.2 Å². The van der Waals surface area contributed by atoms with Crippen molar-refractivity contribution in [3.05, 3.63) is 66.5 Å². The van der Waals surface area contributed by atoms with Gasteiger partial charge in [0.05, 0.1) is 23.4 Å². The molecule has 10 nitrogen and oxygen atoms in total. The second-order valence-electron chi connectivity index (χ2n) is 13.3. The number of hydrogen-bond donors (Lipinski definition) is 3. The van der Waals surface area contributed by atoms with Crippen molar-refractivity contribution in [2.24, 2.45) is 0 Å². The van der Waals surface area contributed by atoms with Gasteiger partial charge in [0.1, 0.15) is 11.4 Å². The van der Waals surface area contributed by atoms with Crippen LogP contribution in [-0.2, 0) is 4.74 Å². The smallest absolute Gasteiger partial charge is 0.410 e. The van der Waals surface area contributed by atoms with E-state index >= 15 is 0 Å². The lowest BCUT2D eigenvalue weighted by atomic mass is 9.92. The number of carbonyl (C=O) groups excluding carboxylic acids is 1. The van der Waals surface area contributed by atoms with E-state index in [1.54, 1.807) is 17.3 Å². The van der Waals surface area contributed by atoms with E-state index in [2.05, 4.69) is 44.9 Å².